The topological polar surface area (TPSA) is 76.5 Å². The molecule has 1 aliphatic heterocycles. The molecule has 53 heavy (non-hydrogen) atoms. The maximum Gasteiger partial charge on any atom is 0.410 e. The van der Waals surface area contributed by atoms with E-state index in [1.54, 1.807) is 4.90 Å². The van der Waals surface area contributed by atoms with Gasteiger partial charge in [-0.2, -0.15) is 5.10 Å². The lowest BCUT2D eigenvalue weighted by Gasteiger charge is -2.38. The minimum Gasteiger partial charge on any atom is -0.444 e. The molecule has 1 aromatic heterocycles. The summed E-state index contributed by atoms with van der Waals surface area (Å²) in [6.07, 6.45) is 0.866. The summed E-state index contributed by atoms with van der Waals surface area (Å²) in [6, 6.07) is 42.2. The van der Waals surface area contributed by atoms with Crippen molar-refractivity contribution in [1.82, 2.24) is 14.7 Å². The summed E-state index contributed by atoms with van der Waals surface area (Å²) >= 11 is 13.5. The standard InChI is InChI=1S/C44H42Cl2N4O3/c1-29-23-24-31(28-49(29)42(52)53-43(2,3)4)41(51)47-40-35-27-30(39-36(45)21-14-22-37(39)46)25-26-38(35)50(48-40)44(32-15-8-5-9-16-32,33-17-10-6-11-18-33)34-19-12-7-13-20-34/h5-22,25-27,29,31H,23-24,28H2,1-4H3,(H,47,48,51)/t29-,31+/m0/s1. The Labute approximate surface area is 320 Å². The Bertz CT molecular complexity index is 2130. The zero-order valence-corrected chi connectivity index (χ0v) is 31.7. The van der Waals surface area contributed by atoms with E-state index in [9.17, 15) is 9.59 Å². The van der Waals surface area contributed by atoms with Gasteiger partial charge in [0, 0.05) is 33.6 Å². The van der Waals surface area contributed by atoms with Crippen LogP contribution in [-0.4, -0.2) is 44.9 Å². The second-order valence-electron chi connectivity index (χ2n) is 14.6. The van der Waals surface area contributed by atoms with Gasteiger partial charge >= 0.3 is 6.09 Å². The van der Waals surface area contributed by atoms with Gasteiger partial charge in [0.1, 0.15) is 11.1 Å². The molecule has 0 spiro atoms. The maximum atomic E-state index is 14.3. The van der Waals surface area contributed by atoms with Crippen LogP contribution in [0, 0.1) is 5.92 Å². The molecule has 0 bridgehead atoms. The van der Waals surface area contributed by atoms with E-state index in [-0.39, 0.29) is 18.5 Å². The molecule has 0 saturated carbocycles. The predicted molar refractivity (Wildman–Crippen MR) is 214 cm³/mol. The van der Waals surface area contributed by atoms with Gasteiger partial charge in [-0.3, -0.25) is 4.79 Å². The molecule has 2 atom stereocenters. The lowest BCUT2D eigenvalue weighted by atomic mass is 9.77. The van der Waals surface area contributed by atoms with E-state index in [4.69, 9.17) is 33.0 Å². The number of nitrogens with zero attached hydrogens (tertiary/aromatic N) is 3. The number of amides is 2. The van der Waals surface area contributed by atoms with Gasteiger partial charge < -0.3 is 15.0 Å². The number of piperidine rings is 1. The van der Waals surface area contributed by atoms with Crippen molar-refractivity contribution in [3.05, 3.63) is 154 Å². The summed E-state index contributed by atoms with van der Waals surface area (Å²) in [7, 11) is 0. The molecule has 1 aliphatic rings. The fourth-order valence-electron chi connectivity index (χ4n) is 7.41. The smallest absolute Gasteiger partial charge is 0.410 e. The molecule has 7 nitrogen and oxygen atoms in total. The van der Waals surface area contributed by atoms with Gasteiger partial charge in [-0.05, 0) is 87.1 Å². The fraction of sp³-hybridized carbons (Fsp3) is 0.250. The van der Waals surface area contributed by atoms with E-state index < -0.39 is 23.2 Å². The average Bonchev–Trinajstić information content (AvgIpc) is 3.50. The molecular weight excluding hydrogens is 703 g/mol. The van der Waals surface area contributed by atoms with Crippen LogP contribution in [-0.2, 0) is 15.1 Å². The highest BCUT2D eigenvalue weighted by molar-refractivity contribution is 6.39. The van der Waals surface area contributed by atoms with Crippen LogP contribution < -0.4 is 5.32 Å². The molecule has 1 fully saturated rings. The van der Waals surface area contributed by atoms with Crippen molar-refractivity contribution in [2.24, 2.45) is 5.92 Å². The first-order valence-corrected chi connectivity index (χ1v) is 18.7. The first-order chi connectivity index (χ1) is 25.5. The highest BCUT2D eigenvalue weighted by atomic mass is 35.5. The Morgan fingerprint density at radius 3 is 1.83 bits per heavy atom. The summed E-state index contributed by atoms with van der Waals surface area (Å²) < 4.78 is 7.73. The lowest BCUT2D eigenvalue weighted by molar-refractivity contribution is -0.121. The zero-order chi connectivity index (χ0) is 37.3. The zero-order valence-electron chi connectivity index (χ0n) is 30.2. The van der Waals surface area contributed by atoms with E-state index in [2.05, 4.69) is 41.7 Å². The van der Waals surface area contributed by atoms with Gasteiger partial charge in [-0.15, -0.1) is 0 Å². The highest BCUT2D eigenvalue weighted by Gasteiger charge is 2.42. The second kappa shape index (κ2) is 14.7. The Morgan fingerprint density at radius 1 is 0.755 bits per heavy atom. The Kier molecular flexibility index (Phi) is 10.1. The number of fused-ring (bicyclic) bond motifs is 1. The third-order valence-electron chi connectivity index (χ3n) is 9.95. The minimum atomic E-state index is -0.942. The monoisotopic (exact) mass is 744 g/mol. The second-order valence-corrected chi connectivity index (χ2v) is 15.5. The number of carbonyl (C=O) groups excluding carboxylic acids is 2. The van der Waals surface area contributed by atoms with E-state index in [0.717, 1.165) is 27.8 Å². The molecule has 5 aromatic carbocycles. The average molecular weight is 746 g/mol. The number of anilines is 1. The Morgan fingerprint density at radius 2 is 1.30 bits per heavy atom. The Hall–Kier alpha value is -5.11. The van der Waals surface area contributed by atoms with Crippen LogP contribution in [0.25, 0.3) is 22.0 Å². The van der Waals surface area contributed by atoms with Gasteiger partial charge in [-0.25, -0.2) is 9.48 Å². The van der Waals surface area contributed by atoms with Crippen molar-refractivity contribution in [3.8, 4) is 11.1 Å². The normalized spacial score (nSPS) is 16.4. The van der Waals surface area contributed by atoms with Crippen molar-refractivity contribution in [3.63, 3.8) is 0 Å². The molecular formula is C44H42Cl2N4O3. The van der Waals surface area contributed by atoms with Crippen LogP contribution in [0.3, 0.4) is 0 Å². The van der Waals surface area contributed by atoms with Crippen molar-refractivity contribution in [2.75, 3.05) is 11.9 Å². The number of hydrogen-bond donors (Lipinski definition) is 1. The SMILES string of the molecule is C[C@H]1CC[C@@H](C(=O)Nc2nn(C(c3ccccc3)(c3ccccc3)c3ccccc3)c3ccc(-c4c(Cl)cccc4Cl)cc23)CN1C(=O)OC(C)(C)C. The molecule has 6 aromatic rings. The van der Waals surface area contributed by atoms with E-state index in [1.165, 1.54) is 0 Å². The number of ether oxygens (including phenoxy) is 1. The highest BCUT2D eigenvalue weighted by Crippen LogP contribution is 2.45. The number of rotatable bonds is 7. The molecule has 270 valence electrons. The molecule has 1 saturated heterocycles. The quantitative estimate of drug-likeness (QED) is 0.165. The van der Waals surface area contributed by atoms with Gasteiger partial charge in [0.25, 0.3) is 0 Å². The fourth-order valence-corrected chi connectivity index (χ4v) is 8.03. The molecule has 0 radical (unpaired) electrons. The molecule has 1 N–H and O–H groups in total. The van der Waals surface area contributed by atoms with Crippen molar-refractivity contribution in [1.29, 1.82) is 0 Å². The summed E-state index contributed by atoms with van der Waals surface area (Å²) in [6.45, 7) is 7.76. The number of benzene rings is 5. The summed E-state index contributed by atoms with van der Waals surface area (Å²) in [5, 5.41) is 10.3. The predicted octanol–water partition coefficient (Wildman–Crippen LogP) is 10.8. The summed E-state index contributed by atoms with van der Waals surface area (Å²) in [4.78, 5) is 29.2. The number of hydrogen-bond acceptors (Lipinski definition) is 4. The summed E-state index contributed by atoms with van der Waals surface area (Å²) in [5.41, 5.74) is 3.65. The molecule has 2 heterocycles. The van der Waals surface area contributed by atoms with Gasteiger partial charge in [0.15, 0.2) is 5.82 Å². The van der Waals surface area contributed by atoms with Crippen molar-refractivity contribution in [2.45, 2.75) is 57.7 Å². The van der Waals surface area contributed by atoms with Crippen LogP contribution in [0.4, 0.5) is 10.6 Å². The van der Waals surface area contributed by atoms with E-state index >= 15 is 0 Å². The van der Waals surface area contributed by atoms with Crippen LogP contribution in [0.5, 0.6) is 0 Å². The molecule has 7 rings (SSSR count). The number of carbonyl (C=O) groups is 2. The number of aromatic nitrogens is 2. The number of likely N-dealkylation sites (tertiary alicyclic amines) is 1. The summed E-state index contributed by atoms with van der Waals surface area (Å²) in [5.74, 6) is -0.296. The van der Waals surface area contributed by atoms with Crippen LogP contribution in [0.15, 0.2) is 127 Å². The van der Waals surface area contributed by atoms with Gasteiger partial charge in [0.2, 0.25) is 5.91 Å². The Balaban J connectivity index is 1.42. The molecule has 0 aliphatic carbocycles. The third kappa shape index (κ3) is 7.04. The first kappa shape index (κ1) is 36.3. The molecule has 9 heteroatoms. The maximum absolute atomic E-state index is 14.3. The van der Waals surface area contributed by atoms with E-state index in [0.29, 0.717) is 39.7 Å². The third-order valence-corrected chi connectivity index (χ3v) is 10.6. The minimum absolute atomic E-state index is 0.0555. The van der Waals surface area contributed by atoms with Crippen LogP contribution in [0.1, 0.15) is 57.2 Å². The van der Waals surface area contributed by atoms with E-state index in [1.807, 2.05) is 123 Å². The van der Waals surface area contributed by atoms with Crippen molar-refractivity contribution < 1.29 is 14.3 Å². The van der Waals surface area contributed by atoms with Gasteiger partial charge in [-0.1, -0.05) is 126 Å². The number of halogens is 2. The molecule has 2 amide bonds. The first-order valence-electron chi connectivity index (χ1n) is 17.9. The lowest BCUT2D eigenvalue weighted by Crippen LogP contribution is -2.49. The van der Waals surface area contributed by atoms with Crippen LogP contribution in [0.2, 0.25) is 10.0 Å². The van der Waals surface area contributed by atoms with Crippen molar-refractivity contribution >= 4 is 51.9 Å². The number of nitrogens with one attached hydrogen (secondary N) is 1. The van der Waals surface area contributed by atoms with Crippen LogP contribution >= 0.6 is 23.2 Å². The largest absolute Gasteiger partial charge is 0.444 e. The van der Waals surface area contributed by atoms with Gasteiger partial charge in [0.05, 0.1) is 11.4 Å². The molecule has 0 unspecified atom stereocenters.